The summed E-state index contributed by atoms with van der Waals surface area (Å²) in [6.07, 6.45) is -2.51. The van der Waals surface area contributed by atoms with Gasteiger partial charge in [0.2, 0.25) is 5.95 Å². The molecule has 1 atom stereocenters. The van der Waals surface area contributed by atoms with Crippen LogP contribution in [0.2, 0.25) is 0 Å². The number of nitrogens with zero attached hydrogens (tertiary/aromatic N) is 4. The highest BCUT2D eigenvalue weighted by Crippen LogP contribution is 2.33. The molecule has 0 unspecified atom stereocenters. The van der Waals surface area contributed by atoms with Crippen LogP contribution in [0.1, 0.15) is 23.0 Å². The van der Waals surface area contributed by atoms with E-state index in [0.717, 1.165) is 6.26 Å². The number of sulfone groups is 1. The third kappa shape index (κ3) is 6.03. The molecule has 0 amide bonds. The van der Waals surface area contributed by atoms with Crippen molar-refractivity contribution < 1.29 is 31.2 Å². The van der Waals surface area contributed by atoms with Gasteiger partial charge in [0.1, 0.15) is 11.4 Å². The molecular weight excluding hydrogens is 513 g/mol. The minimum absolute atomic E-state index is 0.0160. The Morgan fingerprint density at radius 3 is 2.43 bits per heavy atom. The minimum atomic E-state index is -4.81. The molecular formula is C23H21F3N6O4S. The molecule has 37 heavy (non-hydrogen) atoms. The predicted octanol–water partition coefficient (Wildman–Crippen LogP) is 4.15. The van der Waals surface area contributed by atoms with Crippen LogP contribution in [0, 0.1) is 6.92 Å². The summed E-state index contributed by atoms with van der Waals surface area (Å²) in [6.45, 7) is 1.28. The quantitative estimate of drug-likeness (QED) is 0.302. The molecule has 0 aliphatic heterocycles. The van der Waals surface area contributed by atoms with Crippen LogP contribution in [-0.2, 0) is 16.0 Å². The van der Waals surface area contributed by atoms with E-state index < -0.39 is 33.8 Å². The summed E-state index contributed by atoms with van der Waals surface area (Å²) in [5.74, 6) is -1.88. The predicted molar refractivity (Wildman–Crippen MR) is 128 cm³/mol. The van der Waals surface area contributed by atoms with E-state index in [2.05, 4.69) is 30.7 Å². The fraction of sp³-hybridized carbons (Fsp3) is 0.217. The zero-order chi connectivity index (χ0) is 26.8. The number of hydrogen-bond acceptors (Lipinski definition) is 10. The Labute approximate surface area is 209 Å². The second kappa shape index (κ2) is 10.1. The van der Waals surface area contributed by atoms with Gasteiger partial charge in [0.25, 0.3) is 11.7 Å². The van der Waals surface area contributed by atoms with Crippen molar-refractivity contribution in [2.45, 2.75) is 24.0 Å². The number of aromatic nitrogens is 4. The normalized spacial score (nSPS) is 12.8. The first-order valence-corrected chi connectivity index (χ1v) is 12.6. The first-order chi connectivity index (χ1) is 17.5. The molecule has 0 saturated carbocycles. The van der Waals surface area contributed by atoms with E-state index >= 15 is 0 Å². The lowest BCUT2D eigenvalue weighted by molar-refractivity contribution is -0.146. The molecule has 194 valence electrons. The molecule has 2 heterocycles. The van der Waals surface area contributed by atoms with Gasteiger partial charge in [-0.25, -0.2) is 13.4 Å². The van der Waals surface area contributed by atoms with Crippen molar-refractivity contribution in [2.24, 2.45) is 0 Å². The first-order valence-electron chi connectivity index (χ1n) is 10.7. The Balaban J connectivity index is 1.72. The molecule has 4 aromatic rings. The number of aryl methyl sites for hydroxylation is 1. The molecule has 14 heteroatoms. The van der Waals surface area contributed by atoms with Gasteiger partial charge < -0.3 is 20.3 Å². The highest BCUT2D eigenvalue weighted by Gasteiger charge is 2.37. The summed E-state index contributed by atoms with van der Waals surface area (Å²) in [6, 6.07) is 12.7. The number of alkyl halides is 3. The number of benzene rings is 2. The summed E-state index contributed by atoms with van der Waals surface area (Å²) in [4.78, 5) is 12.1. The summed E-state index contributed by atoms with van der Waals surface area (Å²) in [7, 11) is -3.41. The van der Waals surface area contributed by atoms with E-state index in [9.17, 15) is 26.7 Å². The Bertz CT molecular complexity index is 1510. The Kier molecular flexibility index (Phi) is 7.14. The van der Waals surface area contributed by atoms with Gasteiger partial charge in [0, 0.05) is 18.1 Å². The third-order valence-corrected chi connectivity index (χ3v) is 6.48. The lowest BCUT2D eigenvalue weighted by Gasteiger charge is -2.19. The van der Waals surface area contributed by atoms with Crippen molar-refractivity contribution in [3.8, 4) is 11.5 Å². The van der Waals surface area contributed by atoms with Gasteiger partial charge in [0.05, 0.1) is 17.5 Å². The number of hydrogen-bond donors (Lipinski definition) is 3. The fourth-order valence-corrected chi connectivity index (χ4v) is 4.47. The van der Waals surface area contributed by atoms with Crippen LogP contribution < -0.4 is 10.6 Å². The second-order valence-corrected chi connectivity index (χ2v) is 10.0. The second-order valence-electron chi connectivity index (χ2n) is 8.04. The van der Waals surface area contributed by atoms with Gasteiger partial charge in [-0.1, -0.05) is 35.5 Å². The molecule has 4 rings (SSSR count). The first kappa shape index (κ1) is 26.0. The number of rotatable bonds is 8. The summed E-state index contributed by atoms with van der Waals surface area (Å²) < 4.78 is 67.7. The number of halogens is 3. The number of aliphatic hydroxyl groups excluding tert-OH is 1. The molecule has 0 aliphatic carbocycles. The van der Waals surface area contributed by atoms with Gasteiger partial charge >= 0.3 is 6.18 Å². The molecule has 10 nitrogen and oxygen atoms in total. The fourth-order valence-electron chi connectivity index (χ4n) is 3.51. The number of nitrogens with one attached hydrogen (secondary N) is 2. The standard InChI is InChI=1S/C23H21F3N6O4S/c1-13-10-15(8-9-18(13)37(2,34)35)28-22-27-11-16(20-31-21(32-36-20)23(24,25)26)19(30-22)29-17(12-33)14-6-4-3-5-7-14/h3-11,17,33H,12H2,1-2H3,(H2,27,28,29,30)/t17-/m1/s1. The van der Waals surface area contributed by atoms with E-state index in [0.29, 0.717) is 16.8 Å². The Morgan fingerprint density at radius 2 is 1.84 bits per heavy atom. The van der Waals surface area contributed by atoms with E-state index in [1.54, 1.807) is 43.3 Å². The smallest absolute Gasteiger partial charge is 0.394 e. The number of anilines is 3. The van der Waals surface area contributed by atoms with Crippen molar-refractivity contribution in [1.29, 1.82) is 0 Å². The maximum absolute atomic E-state index is 13.0. The number of aliphatic hydroxyl groups is 1. The van der Waals surface area contributed by atoms with Crippen molar-refractivity contribution in [3.63, 3.8) is 0 Å². The molecule has 2 aromatic heterocycles. The van der Waals surface area contributed by atoms with Gasteiger partial charge in [-0.15, -0.1) is 0 Å². The Hall–Kier alpha value is -4.04. The van der Waals surface area contributed by atoms with Gasteiger partial charge in [0.15, 0.2) is 9.84 Å². The van der Waals surface area contributed by atoms with Crippen molar-refractivity contribution in [2.75, 3.05) is 23.5 Å². The SMILES string of the molecule is Cc1cc(Nc2ncc(-c3nc(C(F)(F)F)no3)c(N[C@H](CO)c3ccccc3)n2)ccc1S(C)(=O)=O. The highest BCUT2D eigenvalue weighted by atomic mass is 32.2. The van der Waals surface area contributed by atoms with E-state index in [1.165, 1.54) is 18.3 Å². The third-order valence-electron chi connectivity index (χ3n) is 5.22. The Morgan fingerprint density at radius 1 is 1.11 bits per heavy atom. The minimum Gasteiger partial charge on any atom is -0.394 e. The zero-order valence-electron chi connectivity index (χ0n) is 19.5. The van der Waals surface area contributed by atoms with Crippen LogP contribution in [0.25, 0.3) is 11.5 Å². The van der Waals surface area contributed by atoms with Crippen molar-refractivity contribution in [1.82, 2.24) is 20.1 Å². The van der Waals surface area contributed by atoms with Crippen LogP contribution in [0.4, 0.5) is 30.6 Å². The van der Waals surface area contributed by atoms with Gasteiger partial charge in [-0.2, -0.15) is 23.1 Å². The molecule has 0 fully saturated rings. The van der Waals surface area contributed by atoms with E-state index in [4.69, 9.17) is 4.52 Å². The molecule has 0 saturated heterocycles. The highest BCUT2D eigenvalue weighted by molar-refractivity contribution is 7.90. The average molecular weight is 535 g/mol. The molecule has 2 aromatic carbocycles. The maximum Gasteiger partial charge on any atom is 0.455 e. The van der Waals surface area contributed by atoms with Crippen LogP contribution in [0.3, 0.4) is 0 Å². The van der Waals surface area contributed by atoms with Crippen LogP contribution >= 0.6 is 0 Å². The molecule has 3 N–H and O–H groups in total. The largest absolute Gasteiger partial charge is 0.455 e. The van der Waals surface area contributed by atoms with Crippen LogP contribution in [-0.4, -0.2) is 46.5 Å². The van der Waals surface area contributed by atoms with E-state index in [1.807, 2.05) is 0 Å². The summed E-state index contributed by atoms with van der Waals surface area (Å²) in [5.41, 5.74) is 1.64. The lowest BCUT2D eigenvalue weighted by atomic mass is 10.1. The topological polar surface area (TPSA) is 143 Å². The van der Waals surface area contributed by atoms with Crippen molar-refractivity contribution >= 4 is 27.3 Å². The molecule has 0 bridgehead atoms. The average Bonchev–Trinajstić information content (AvgIpc) is 3.33. The van der Waals surface area contributed by atoms with Crippen LogP contribution in [0.5, 0.6) is 0 Å². The van der Waals surface area contributed by atoms with E-state index in [-0.39, 0.29) is 28.8 Å². The molecule has 0 spiro atoms. The summed E-state index contributed by atoms with van der Waals surface area (Å²) in [5, 5.41) is 18.9. The zero-order valence-corrected chi connectivity index (χ0v) is 20.3. The van der Waals surface area contributed by atoms with Gasteiger partial charge in [-0.05, 0) is 36.2 Å². The van der Waals surface area contributed by atoms with Crippen molar-refractivity contribution in [3.05, 3.63) is 71.7 Å². The van der Waals surface area contributed by atoms with Gasteiger partial charge in [-0.3, -0.25) is 0 Å². The lowest BCUT2D eigenvalue weighted by Crippen LogP contribution is -2.17. The monoisotopic (exact) mass is 534 g/mol. The summed E-state index contributed by atoms with van der Waals surface area (Å²) >= 11 is 0. The molecule has 0 aliphatic rings. The maximum atomic E-state index is 13.0. The van der Waals surface area contributed by atoms with Crippen LogP contribution in [0.15, 0.2) is 64.1 Å². The molecule has 0 radical (unpaired) electrons.